The minimum absolute atomic E-state index is 0.0268. The maximum atomic E-state index is 6.75. The molecular formula is C15H21N. The van der Waals surface area contributed by atoms with Gasteiger partial charge in [0.05, 0.1) is 0 Å². The molecule has 2 fully saturated rings. The second kappa shape index (κ2) is 3.10. The zero-order valence-corrected chi connectivity index (χ0v) is 10.2. The van der Waals surface area contributed by atoms with E-state index < -0.39 is 0 Å². The van der Waals surface area contributed by atoms with Gasteiger partial charge in [0.15, 0.2) is 0 Å². The Morgan fingerprint density at radius 2 is 1.88 bits per heavy atom. The Balaban J connectivity index is 2.02. The van der Waals surface area contributed by atoms with Crippen LogP contribution >= 0.6 is 0 Å². The van der Waals surface area contributed by atoms with Gasteiger partial charge in [-0.1, -0.05) is 44.2 Å². The molecule has 0 aromatic heterocycles. The Bertz CT molecular complexity index is 395. The molecule has 0 radical (unpaired) electrons. The third-order valence-electron chi connectivity index (χ3n) is 5.47. The molecule has 1 aromatic carbocycles. The van der Waals surface area contributed by atoms with Crippen LogP contribution in [0.2, 0.25) is 0 Å². The minimum Gasteiger partial charge on any atom is -0.324 e. The fraction of sp³-hybridized carbons (Fsp3) is 0.600. The zero-order valence-electron chi connectivity index (χ0n) is 10.2. The van der Waals surface area contributed by atoms with E-state index in [1.54, 1.807) is 0 Å². The van der Waals surface area contributed by atoms with Gasteiger partial charge in [0, 0.05) is 11.5 Å². The Morgan fingerprint density at radius 1 is 1.19 bits per heavy atom. The van der Waals surface area contributed by atoms with E-state index in [0.29, 0.717) is 11.3 Å². The Labute approximate surface area is 98.0 Å². The van der Waals surface area contributed by atoms with E-state index in [4.69, 9.17) is 5.73 Å². The number of hydrogen-bond acceptors (Lipinski definition) is 1. The summed E-state index contributed by atoms with van der Waals surface area (Å²) >= 11 is 0. The molecule has 2 aliphatic rings. The Kier molecular flexibility index (Phi) is 2.00. The molecule has 2 N–H and O–H groups in total. The predicted molar refractivity (Wildman–Crippen MR) is 67.2 cm³/mol. The topological polar surface area (TPSA) is 26.0 Å². The normalized spacial score (nSPS) is 40.2. The summed E-state index contributed by atoms with van der Waals surface area (Å²) in [5, 5.41) is 0. The first-order valence-electron chi connectivity index (χ1n) is 6.39. The summed E-state index contributed by atoms with van der Waals surface area (Å²) in [6.07, 6.45) is 3.81. The monoisotopic (exact) mass is 215 g/mol. The molecule has 1 heteroatoms. The van der Waals surface area contributed by atoms with Crippen molar-refractivity contribution >= 4 is 0 Å². The molecule has 16 heavy (non-hydrogen) atoms. The zero-order chi connectivity index (χ0) is 11.4. The highest BCUT2D eigenvalue weighted by Gasteiger charge is 2.62. The van der Waals surface area contributed by atoms with Crippen LogP contribution in [0.15, 0.2) is 30.3 Å². The molecule has 0 saturated heterocycles. The first-order valence-corrected chi connectivity index (χ1v) is 6.39. The lowest BCUT2D eigenvalue weighted by atomic mass is 9.71. The minimum atomic E-state index is 0.0268. The van der Waals surface area contributed by atoms with Crippen LogP contribution < -0.4 is 5.73 Å². The summed E-state index contributed by atoms with van der Waals surface area (Å²) < 4.78 is 0. The van der Waals surface area contributed by atoms with Gasteiger partial charge >= 0.3 is 0 Å². The van der Waals surface area contributed by atoms with Crippen LogP contribution in [-0.2, 0) is 0 Å². The highest BCUT2D eigenvalue weighted by Crippen LogP contribution is 2.64. The molecule has 2 saturated carbocycles. The molecule has 2 bridgehead atoms. The molecule has 0 heterocycles. The van der Waals surface area contributed by atoms with Crippen molar-refractivity contribution in [1.82, 2.24) is 0 Å². The van der Waals surface area contributed by atoms with E-state index in [1.165, 1.54) is 24.8 Å². The number of hydrogen-bond donors (Lipinski definition) is 1. The van der Waals surface area contributed by atoms with E-state index in [1.807, 2.05) is 0 Å². The van der Waals surface area contributed by atoms with Crippen LogP contribution in [0.3, 0.4) is 0 Å². The van der Waals surface area contributed by atoms with Crippen LogP contribution in [0.5, 0.6) is 0 Å². The number of rotatable bonds is 1. The van der Waals surface area contributed by atoms with Gasteiger partial charge in [-0.25, -0.2) is 0 Å². The van der Waals surface area contributed by atoms with Crippen molar-refractivity contribution in [1.29, 1.82) is 0 Å². The van der Waals surface area contributed by atoms with Gasteiger partial charge in [0.2, 0.25) is 0 Å². The maximum absolute atomic E-state index is 6.75. The van der Waals surface area contributed by atoms with Crippen LogP contribution in [0.25, 0.3) is 0 Å². The summed E-state index contributed by atoms with van der Waals surface area (Å²) in [6, 6.07) is 10.9. The van der Waals surface area contributed by atoms with Crippen molar-refractivity contribution in [3.8, 4) is 0 Å². The summed E-state index contributed by atoms with van der Waals surface area (Å²) in [5.41, 5.74) is 8.54. The lowest BCUT2D eigenvalue weighted by molar-refractivity contribution is 0.208. The molecule has 1 aromatic rings. The van der Waals surface area contributed by atoms with Crippen molar-refractivity contribution in [2.75, 3.05) is 0 Å². The number of fused-ring (bicyclic) bond motifs is 2. The van der Waals surface area contributed by atoms with E-state index in [-0.39, 0.29) is 5.54 Å². The lowest BCUT2D eigenvalue weighted by Crippen LogP contribution is -2.50. The fourth-order valence-corrected chi connectivity index (χ4v) is 4.13. The van der Waals surface area contributed by atoms with Gasteiger partial charge in [-0.3, -0.25) is 0 Å². The van der Waals surface area contributed by atoms with Crippen LogP contribution in [0.4, 0.5) is 0 Å². The summed E-state index contributed by atoms with van der Waals surface area (Å²) in [4.78, 5) is 0. The first kappa shape index (κ1) is 10.3. The third kappa shape index (κ3) is 1.10. The highest BCUT2D eigenvalue weighted by atomic mass is 14.9. The van der Waals surface area contributed by atoms with Crippen LogP contribution in [0.1, 0.15) is 44.6 Å². The van der Waals surface area contributed by atoms with E-state index in [9.17, 15) is 0 Å². The van der Waals surface area contributed by atoms with Gasteiger partial charge in [-0.05, 0) is 36.2 Å². The second-order valence-corrected chi connectivity index (χ2v) is 6.20. The van der Waals surface area contributed by atoms with Crippen molar-refractivity contribution < 1.29 is 0 Å². The maximum Gasteiger partial charge on any atom is 0.0278 e. The fourth-order valence-electron chi connectivity index (χ4n) is 4.13. The summed E-state index contributed by atoms with van der Waals surface area (Å²) in [6.45, 7) is 4.74. The molecule has 3 unspecified atom stereocenters. The molecule has 0 aliphatic heterocycles. The van der Waals surface area contributed by atoms with Crippen molar-refractivity contribution in [2.24, 2.45) is 17.1 Å². The van der Waals surface area contributed by atoms with Crippen LogP contribution in [-0.4, -0.2) is 5.54 Å². The second-order valence-electron chi connectivity index (χ2n) is 6.20. The molecule has 86 valence electrons. The largest absolute Gasteiger partial charge is 0.324 e. The van der Waals surface area contributed by atoms with Gasteiger partial charge < -0.3 is 5.73 Å². The molecule has 1 nitrogen and oxygen atoms in total. The molecular weight excluding hydrogens is 194 g/mol. The smallest absolute Gasteiger partial charge is 0.0278 e. The van der Waals surface area contributed by atoms with Gasteiger partial charge in [0.1, 0.15) is 0 Å². The van der Waals surface area contributed by atoms with Crippen molar-refractivity contribution in [3.05, 3.63) is 35.9 Å². The van der Waals surface area contributed by atoms with E-state index in [0.717, 1.165) is 5.92 Å². The standard InChI is InChI=1S/C15H21N/c1-14(2)12-8-9-15(14,16)13(10-12)11-6-4-3-5-7-11/h3-7,12-13H,8-10,16H2,1-2H3. The van der Waals surface area contributed by atoms with Crippen molar-refractivity contribution in [2.45, 2.75) is 44.6 Å². The molecule has 3 rings (SSSR count). The van der Waals surface area contributed by atoms with Gasteiger partial charge in [0.25, 0.3) is 0 Å². The average molecular weight is 215 g/mol. The third-order valence-corrected chi connectivity index (χ3v) is 5.47. The Hall–Kier alpha value is -0.820. The molecule has 3 atom stereocenters. The average Bonchev–Trinajstić information content (AvgIpc) is 2.62. The number of nitrogens with two attached hydrogens (primary N) is 1. The number of benzene rings is 1. The van der Waals surface area contributed by atoms with Crippen LogP contribution in [0, 0.1) is 11.3 Å². The Morgan fingerprint density at radius 3 is 2.38 bits per heavy atom. The van der Waals surface area contributed by atoms with Gasteiger partial charge in [-0.2, -0.15) is 0 Å². The van der Waals surface area contributed by atoms with E-state index >= 15 is 0 Å². The predicted octanol–water partition coefficient (Wildman–Crippen LogP) is 3.31. The SMILES string of the molecule is CC1(C)C2CCC1(N)C(c1ccccc1)C2. The molecule has 0 amide bonds. The highest BCUT2D eigenvalue weighted by molar-refractivity contribution is 5.31. The summed E-state index contributed by atoms with van der Waals surface area (Å²) in [5.74, 6) is 1.39. The molecule has 0 spiro atoms. The lowest BCUT2D eigenvalue weighted by Gasteiger charge is -2.39. The molecule has 2 aliphatic carbocycles. The van der Waals surface area contributed by atoms with Crippen molar-refractivity contribution in [3.63, 3.8) is 0 Å². The summed E-state index contributed by atoms with van der Waals surface area (Å²) in [7, 11) is 0. The quantitative estimate of drug-likeness (QED) is 0.764. The van der Waals surface area contributed by atoms with E-state index in [2.05, 4.69) is 44.2 Å². The first-order chi connectivity index (χ1) is 7.56. The van der Waals surface area contributed by atoms with Gasteiger partial charge in [-0.15, -0.1) is 0 Å².